The Bertz CT molecular complexity index is 983. The summed E-state index contributed by atoms with van der Waals surface area (Å²) in [6, 6.07) is 10.7. The van der Waals surface area contributed by atoms with Crippen LogP contribution in [0.15, 0.2) is 58.3 Å². The van der Waals surface area contributed by atoms with Crippen LogP contribution in [0.3, 0.4) is 0 Å². The number of sulfone groups is 1. The van der Waals surface area contributed by atoms with Crippen LogP contribution in [0, 0.1) is 0 Å². The first-order valence-electron chi connectivity index (χ1n) is 10.2. The molecule has 0 N–H and O–H groups in total. The monoisotopic (exact) mass is 522 g/mol. The van der Waals surface area contributed by atoms with Gasteiger partial charge >= 0.3 is 15.6 Å². The van der Waals surface area contributed by atoms with E-state index in [-0.39, 0.29) is 47.7 Å². The highest BCUT2D eigenvalue weighted by molar-refractivity contribution is 7.91. The minimum absolute atomic E-state index is 0.0134. The molecule has 0 aliphatic rings. The number of rotatable bonds is 14. The Labute approximate surface area is 194 Å². The quantitative estimate of drug-likeness (QED) is 0.288. The molecular weight excluding hydrogens is 494 g/mol. The van der Waals surface area contributed by atoms with E-state index >= 15 is 0 Å². The Balaban J connectivity index is 2.19. The molecule has 0 aliphatic heterocycles. The van der Waals surface area contributed by atoms with Crippen molar-refractivity contribution in [3.8, 4) is 11.5 Å². The number of phosphoric acid groups is 2. The molecule has 0 fully saturated rings. The second kappa shape index (κ2) is 12.1. The van der Waals surface area contributed by atoms with E-state index in [0.29, 0.717) is 0 Å². The van der Waals surface area contributed by atoms with Gasteiger partial charge in [-0.15, -0.1) is 0 Å². The smallest absolute Gasteiger partial charge is 0.404 e. The highest BCUT2D eigenvalue weighted by Gasteiger charge is 2.29. The summed E-state index contributed by atoms with van der Waals surface area (Å²) in [6.45, 7) is 7.06. The SMILES string of the molecule is CCOP(=O)(OCC)Oc1ccc(S(=O)(=O)c2ccc(OP(=O)(OCC)OCC)cc2)cc1. The van der Waals surface area contributed by atoms with E-state index in [2.05, 4.69) is 0 Å². The molecule has 2 aromatic carbocycles. The molecule has 2 aromatic rings. The van der Waals surface area contributed by atoms with E-state index in [1.807, 2.05) is 0 Å². The van der Waals surface area contributed by atoms with Crippen LogP contribution in [0.4, 0.5) is 0 Å². The summed E-state index contributed by atoms with van der Waals surface area (Å²) in [5.41, 5.74) is 0. The zero-order valence-corrected chi connectivity index (χ0v) is 21.4. The van der Waals surface area contributed by atoms with Crippen molar-refractivity contribution in [1.29, 1.82) is 0 Å². The largest absolute Gasteiger partial charge is 0.530 e. The van der Waals surface area contributed by atoms with Crippen LogP contribution >= 0.6 is 15.6 Å². The first-order chi connectivity index (χ1) is 15.6. The Morgan fingerprint density at radius 3 is 1.09 bits per heavy atom. The van der Waals surface area contributed by atoms with Gasteiger partial charge in [-0.3, -0.25) is 18.1 Å². The molecule has 0 saturated heterocycles. The molecule has 10 nitrogen and oxygen atoms in total. The van der Waals surface area contributed by atoms with Crippen molar-refractivity contribution in [3.05, 3.63) is 48.5 Å². The van der Waals surface area contributed by atoms with E-state index in [9.17, 15) is 17.5 Å². The topological polar surface area (TPSA) is 124 Å². The Morgan fingerprint density at radius 2 is 0.848 bits per heavy atom. The predicted octanol–water partition coefficient (Wildman–Crippen LogP) is 5.64. The molecule has 0 heterocycles. The van der Waals surface area contributed by atoms with Crippen molar-refractivity contribution >= 4 is 25.5 Å². The second-order valence-electron chi connectivity index (χ2n) is 6.19. The van der Waals surface area contributed by atoms with E-state index in [1.54, 1.807) is 27.7 Å². The number of hydrogen-bond donors (Lipinski definition) is 0. The van der Waals surface area contributed by atoms with Crippen molar-refractivity contribution in [3.63, 3.8) is 0 Å². The fourth-order valence-corrected chi connectivity index (χ4v) is 6.21. The summed E-state index contributed by atoms with van der Waals surface area (Å²) in [5.74, 6) is 0.260. The summed E-state index contributed by atoms with van der Waals surface area (Å²) in [6.07, 6.45) is 0. The second-order valence-corrected chi connectivity index (χ2v) is 11.3. The highest BCUT2D eigenvalue weighted by Crippen LogP contribution is 2.50. The zero-order chi connectivity index (χ0) is 24.5. The normalized spacial score (nSPS) is 12.5. The third-order valence-corrected chi connectivity index (χ3v) is 8.80. The third kappa shape index (κ3) is 7.65. The Kier molecular flexibility index (Phi) is 10.1. The summed E-state index contributed by atoms with van der Waals surface area (Å²) < 4.78 is 81.7. The van der Waals surface area contributed by atoms with Gasteiger partial charge in [0.25, 0.3) is 0 Å². The molecule has 13 heteroatoms. The molecule has 184 valence electrons. The molecule has 0 unspecified atom stereocenters. The minimum atomic E-state index is -3.88. The average molecular weight is 522 g/mol. The molecule has 0 aliphatic carbocycles. The summed E-state index contributed by atoms with van der Waals surface area (Å²) in [4.78, 5) is -0.0269. The molecule has 0 bridgehead atoms. The lowest BCUT2D eigenvalue weighted by Crippen LogP contribution is -2.04. The van der Waals surface area contributed by atoms with Gasteiger partial charge in [0.2, 0.25) is 9.84 Å². The zero-order valence-electron chi connectivity index (χ0n) is 18.8. The van der Waals surface area contributed by atoms with E-state index in [0.717, 1.165) is 0 Å². The first-order valence-corrected chi connectivity index (χ1v) is 14.6. The van der Waals surface area contributed by atoms with Crippen LogP contribution in [-0.2, 0) is 37.1 Å². The lowest BCUT2D eigenvalue weighted by molar-refractivity contribution is 0.166. The average Bonchev–Trinajstić information content (AvgIpc) is 2.75. The molecule has 0 atom stereocenters. The fourth-order valence-electron chi connectivity index (χ4n) is 2.57. The van der Waals surface area contributed by atoms with Gasteiger partial charge in [-0.2, -0.15) is 0 Å². The molecule has 0 spiro atoms. The van der Waals surface area contributed by atoms with Crippen LogP contribution < -0.4 is 9.05 Å². The van der Waals surface area contributed by atoms with Crippen LogP contribution in [0.5, 0.6) is 11.5 Å². The third-order valence-electron chi connectivity index (χ3n) is 3.85. The van der Waals surface area contributed by atoms with Crippen molar-refractivity contribution in [2.24, 2.45) is 0 Å². The maximum absolute atomic E-state index is 12.9. The van der Waals surface area contributed by atoms with E-state index in [4.69, 9.17) is 27.1 Å². The maximum Gasteiger partial charge on any atom is 0.530 e. The Morgan fingerprint density at radius 1 is 0.576 bits per heavy atom. The highest BCUT2D eigenvalue weighted by atomic mass is 32.2. The number of phosphoric ester groups is 2. The molecule has 33 heavy (non-hydrogen) atoms. The van der Waals surface area contributed by atoms with Gasteiger partial charge in [0.1, 0.15) is 11.5 Å². The van der Waals surface area contributed by atoms with Gasteiger partial charge in [0.05, 0.1) is 36.2 Å². The summed E-state index contributed by atoms with van der Waals surface area (Å²) in [5, 5.41) is 0. The molecular formula is C20H28O10P2S. The van der Waals surface area contributed by atoms with Gasteiger partial charge in [0, 0.05) is 0 Å². The van der Waals surface area contributed by atoms with Crippen molar-refractivity contribution < 1.29 is 44.7 Å². The molecule has 0 saturated carbocycles. The van der Waals surface area contributed by atoms with Gasteiger partial charge in [-0.05, 0) is 76.2 Å². The van der Waals surface area contributed by atoms with Gasteiger partial charge in [0.15, 0.2) is 0 Å². The lowest BCUT2D eigenvalue weighted by Gasteiger charge is -2.17. The van der Waals surface area contributed by atoms with Gasteiger partial charge < -0.3 is 9.05 Å². The van der Waals surface area contributed by atoms with Crippen molar-refractivity contribution in [2.45, 2.75) is 37.5 Å². The molecule has 0 radical (unpaired) electrons. The number of benzene rings is 2. The van der Waals surface area contributed by atoms with Crippen LogP contribution in [0.1, 0.15) is 27.7 Å². The van der Waals surface area contributed by atoms with E-state index < -0.39 is 25.5 Å². The number of hydrogen-bond acceptors (Lipinski definition) is 10. The molecule has 0 amide bonds. The molecule has 0 aromatic heterocycles. The minimum Gasteiger partial charge on any atom is -0.404 e. The summed E-state index contributed by atoms with van der Waals surface area (Å²) in [7, 11) is -11.5. The van der Waals surface area contributed by atoms with E-state index in [1.165, 1.54) is 48.5 Å². The van der Waals surface area contributed by atoms with Gasteiger partial charge in [-0.25, -0.2) is 17.5 Å². The van der Waals surface area contributed by atoms with Crippen LogP contribution in [0.25, 0.3) is 0 Å². The first kappa shape index (κ1) is 27.5. The Hall–Kier alpha value is -1.71. The lowest BCUT2D eigenvalue weighted by atomic mass is 10.3. The van der Waals surface area contributed by atoms with Crippen LogP contribution in [-0.4, -0.2) is 34.8 Å². The predicted molar refractivity (Wildman–Crippen MR) is 121 cm³/mol. The maximum atomic E-state index is 12.9. The van der Waals surface area contributed by atoms with Gasteiger partial charge in [-0.1, -0.05) is 0 Å². The summed E-state index contributed by atoms with van der Waals surface area (Å²) >= 11 is 0. The van der Waals surface area contributed by atoms with Crippen molar-refractivity contribution in [2.75, 3.05) is 26.4 Å². The fraction of sp³-hybridized carbons (Fsp3) is 0.400. The standard InChI is InChI=1S/C20H28O10P2S/c1-5-25-31(21,26-6-2)29-17-9-13-19(14-10-17)33(23,24)20-15-11-18(12-16-20)30-32(22,27-7-3)28-8-4/h9-16H,5-8H2,1-4H3. The van der Waals surface area contributed by atoms with Crippen molar-refractivity contribution in [1.82, 2.24) is 0 Å². The van der Waals surface area contributed by atoms with Crippen LogP contribution in [0.2, 0.25) is 0 Å². The molecule has 2 rings (SSSR count).